The SMILES string of the molecule is CC(NC(=O)c1ccoc1)C(=O)Nc1cc(C(F)(F)F)cc(C(F)(F)F)c1. The molecule has 1 atom stereocenters. The molecule has 2 rings (SSSR count). The summed E-state index contributed by atoms with van der Waals surface area (Å²) in [7, 11) is 0. The van der Waals surface area contributed by atoms with Gasteiger partial charge in [0.25, 0.3) is 5.91 Å². The van der Waals surface area contributed by atoms with Crippen molar-refractivity contribution in [3.63, 3.8) is 0 Å². The van der Waals surface area contributed by atoms with E-state index in [1.54, 1.807) is 0 Å². The van der Waals surface area contributed by atoms with Crippen LogP contribution >= 0.6 is 0 Å². The lowest BCUT2D eigenvalue weighted by atomic mass is 10.1. The molecular weight excluding hydrogens is 382 g/mol. The fraction of sp³-hybridized carbons (Fsp3) is 0.250. The number of halogens is 6. The molecule has 2 amide bonds. The highest BCUT2D eigenvalue weighted by Gasteiger charge is 2.37. The zero-order valence-electron chi connectivity index (χ0n) is 13.5. The van der Waals surface area contributed by atoms with E-state index in [0.717, 1.165) is 6.26 Å². The Bertz CT molecular complexity index is 795. The van der Waals surface area contributed by atoms with E-state index in [4.69, 9.17) is 0 Å². The number of nitrogens with one attached hydrogen (secondary N) is 2. The molecule has 1 unspecified atom stereocenters. The summed E-state index contributed by atoms with van der Waals surface area (Å²) in [5.41, 5.74) is -3.75. The van der Waals surface area contributed by atoms with E-state index in [1.807, 2.05) is 5.32 Å². The van der Waals surface area contributed by atoms with Crippen molar-refractivity contribution in [2.45, 2.75) is 25.3 Å². The van der Waals surface area contributed by atoms with Crippen LogP contribution in [0, 0.1) is 0 Å². The lowest BCUT2D eigenvalue weighted by Crippen LogP contribution is -2.41. The van der Waals surface area contributed by atoms with Gasteiger partial charge in [-0.25, -0.2) is 0 Å². The molecule has 2 aromatic rings. The van der Waals surface area contributed by atoms with Crippen LogP contribution in [0.15, 0.2) is 41.2 Å². The Hall–Kier alpha value is -2.98. The second-order valence-corrected chi connectivity index (χ2v) is 5.49. The molecule has 5 nitrogen and oxygen atoms in total. The number of benzene rings is 1. The molecule has 0 saturated heterocycles. The molecule has 146 valence electrons. The van der Waals surface area contributed by atoms with Crippen LogP contribution < -0.4 is 10.6 Å². The molecule has 11 heteroatoms. The number of amides is 2. The van der Waals surface area contributed by atoms with E-state index in [2.05, 4.69) is 9.73 Å². The summed E-state index contributed by atoms with van der Waals surface area (Å²) in [6.07, 6.45) is -7.77. The number of rotatable bonds is 4. The zero-order valence-corrected chi connectivity index (χ0v) is 13.5. The first-order chi connectivity index (χ1) is 12.4. The number of carbonyl (C=O) groups is 2. The van der Waals surface area contributed by atoms with Gasteiger partial charge in [0.1, 0.15) is 12.3 Å². The summed E-state index contributed by atoms with van der Waals surface area (Å²) >= 11 is 0. The maximum Gasteiger partial charge on any atom is 0.416 e. The third kappa shape index (κ3) is 5.25. The standard InChI is InChI=1S/C16H12F6N2O3/c1-8(23-14(26)9-2-3-27-7-9)13(25)24-12-5-10(15(17,18)19)4-11(6-12)16(20,21)22/h2-8H,1H3,(H,23,26)(H,24,25). The predicted molar refractivity (Wildman–Crippen MR) is 80.7 cm³/mol. The van der Waals surface area contributed by atoms with Crippen molar-refractivity contribution in [1.82, 2.24) is 5.32 Å². The molecule has 1 heterocycles. The predicted octanol–water partition coefficient (Wildman–Crippen LogP) is 4.07. The topological polar surface area (TPSA) is 71.3 Å². The molecular formula is C16H12F6N2O3. The number of anilines is 1. The van der Waals surface area contributed by atoms with Gasteiger partial charge in [0.05, 0.1) is 23.0 Å². The molecule has 0 radical (unpaired) electrons. The van der Waals surface area contributed by atoms with E-state index in [0.29, 0.717) is 12.1 Å². The van der Waals surface area contributed by atoms with Gasteiger partial charge in [-0.1, -0.05) is 0 Å². The van der Waals surface area contributed by atoms with Crippen LogP contribution in [0.1, 0.15) is 28.4 Å². The monoisotopic (exact) mass is 394 g/mol. The van der Waals surface area contributed by atoms with E-state index in [9.17, 15) is 35.9 Å². The molecule has 0 aliphatic rings. The Morgan fingerprint density at radius 3 is 2.00 bits per heavy atom. The zero-order chi connectivity index (χ0) is 20.4. The molecule has 0 spiro atoms. The summed E-state index contributed by atoms with van der Waals surface area (Å²) < 4.78 is 81.6. The van der Waals surface area contributed by atoms with Crippen LogP contribution in [0.4, 0.5) is 32.0 Å². The molecule has 27 heavy (non-hydrogen) atoms. The molecule has 0 aliphatic carbocycles. The maximum atomic E-state index is 12.8. The molecule has 0 fully saturated rings. The lowest BCUT2D eigenvalue weighted by Gasteiger charge is -2.17. The first kappa shape index (κ1) is 20.3. The van der Waals surface area contributed by atoms with Gasteiger partial charge in [-0.15, -0.1) is 0 Å². The van der Waals surface area contributed by atoms with E-state index >= 15 is 0 Å². The van der Waals surface area contributed by atoms with Gasteiger partial charge in [0.2, 0.25) is 5.91 Å². The van der Waals surface area contributed by atoms with Crippen molar-refractivity contribution in [3.8, 4) is 0 Å². The van der Waals surface area contributed by atoms with Crippen molar-refractivity contribution >= 4 is 17.5 Å². The number of hydrogen-bond acceptors (Lipinski definition) is 3. The number of alkyl halides is 6. The first-order valence-corrected chi connectivity index (χ1v) is 7.31. The molecule has 1 aromatic heterocycles. The number of furan rings is 1. The Morgan fingerprint density at radius 1 is 1.00 bits per heavy atom. The van der Waals surface area contributed by atoms with Crippen LogP contribution in [0.2, 0.25) is 0 Å². The quantitative estimate of drug-likeness (QED) is 0.768. The summed E-state index contributed by atoms with van der Waals surface area (Å²) in [4.78, 5) is 23.8. The fourth-order valence-electron chi connectivity index (χ4n) is 2.02. The number of carbonyl (C=O) groups excluding carboxylic acids is 2. The van der Waals surface area contributed by atoms with Crippen molar-refractivity contribution in [2.24, 2.45) is 0 Å². The number of hydrogen-bond donors (Lipinski definition) is 2. The molecule has 0 aliphatic heterocycles. The van der Waals surface area contributed by atoms with Crippen LogP contribution in [-0.2, 0) is 17.1 Å². The highest BCUT2D eigenvalue weighted by molar-refractivity contribution is 6.00. The van der Waals surface area contributed by atoms with Gasteiger partial charge < -0.3 is 15.1 Å². The van der Waals surface area contributed by atoms with Crippen LogP contribution in [0.3, 0.4) is 0 Å². The summed E-state index contributed by atoms with van der Waals surface area (Å²) in [5, 5.41) is 4.18. The first-order valence-electron chi connectivity index (χ1n) is 7.31. The van der Waals surface area contributed by atoms with Crippen molar-refractivity contribution < 1.29 is 40.3 Å². The highest BCUT2D eigenvalue weighted by Crippen LogP contribution is 2.37. The van der Waals surface area contributed by atoms with E-state index in [-0.39, 0.29) is 11.6 Å². The molecule has 0 bridgehead atoms. The minimum atomic E-state index is -5.04. The average molecular weight is 394 g/mol. The maximum absolute atomic E-state index is 12.8. The van der Waals surface area contributed by atoms with Crippen LogP contribution in [0.5, 0.6) is 0 Å². The second-order valence-electron chi connectivity index (χ2n) is 5.49. The van der Waals surface area contributed by atoms with Gasteiger partial charge in [-0.05, 0) is 31.2 Å². The van der Waals surface area contributed by atoms with Crippen LogP contribution in [-0.4, -0.2) is 17.9 Å². The van der Waals surface area contributed by atoms with E-state index < -0.39 is 47.0 Å². The second kappa shape index (κ2) is 7.33. The third-order valence-electron chi connectivity index (χ3n) is 3.38. The Balaban J connectivity index is 2.19. The van der Waals surface area contributed by atoms with Crippen LogP contribution in [0.25, 0.3) is 0 Å². The largest absolute Gasteiger partial charge is 0.472 e. The normalized spacial score (nSPS) is 13.1. The molecule has 0 saturated carbocycles. The van der Waals surface area contributed by atoms with Gasteiger partial charge in [-0.2, -0.15) is 26.3 Å². The molecule has 2 N–H and O–H groups in total. The average Bonchev–Trinajstić information content (AvgIpc) is 3.07. The van der Waals surface area contributed by atoms with Gasteiger partial charge in [0, 0.05) is 5.69 Å². The van der Waals surface area contributed by atoms with E-state index in [1.165, 1.54) is 19.3 Å². The highest BCUT2D eigenvalue weighted by atomic mass is 19.4. The minimum absolute atomic E-state index is 0.0558. The summed E-state index contributed by atoms with van der Waals surface area (Å²) in [5.74, 6) is -1.70. The Morgan fingerprint density at radius 2 is 1.56 bits per heavy atom. The van der Waals surface area contributed by atoms with Crippen molar-refractivity contribution in [3.05, 3.63) is 53.5 Å². The van der Waals surface area contributed by atoms with Crippen molar-refractivity contribution in [1.29, 1.82) is 0 Å². The third-order valence-corrected chi connectivity index (χ3v) is 3.38. The smallest absolute Gasteiger partial charge is 0.416 e. The summed E-state index contributed by atoms with van der Waals surface area (Å²) in [6.45, 7) is 1.21. The molecule has 1 aromatic carbocycles. The Labute approximate surface area is 148 Å². The fourth-order valence-corrected chi connectivity index (χ4v) is 2.02. The minimum Gasteiger partial charge on any atom is -0.472 e. The lowest BCUT2D eigenvalue weighted by molar-refractivity contribution is -0.143. The van der Waals surface area contributed by atoms with Crippen molar-refractivity contribution in [2.75, 3.05) is 5.32 Å². The van der Waals surface area contributed by atoms with Gasteiger partial charge in [-0.3, -0.25) is 9.59 Å². The van der Waals surface area contributed by atoms with Gasteiger partial charge in [0.15, 0.2) is 0 Å². The Kier molecular flexibility index (Phi) is 5.52. The van der Waals surface area contributed by atoms with Gasteiger partial charge >= 0.3 is 12.4 Å². The summed E-state index contributed by atoms with van der Waals surface area (Å²) in [6, 6.07) is 0.758.